The summed E-state index contributed by atoms with van der Waals surface area (Å²) in [5.41, 5.74) is 1.14. The summed E-state index contributed by atoms with van der Waals surface area (Å²) >= 11 is 10.0. The molecule has 4 rings (SSSR count). The summed E-state index contributed by atoms with van der Waals surface area (Å²) in [6.07, 6.45) is 1.46. The number of carbonyl (C=O) groups excluding carboxylic acids is 2. The molecule has 1 fully saturated rings. The van der Waals surface area contributed by atoms with E-state index in [1.165, 1.54) is 36.4 Å². The lowest BCUT2D eigenvalue weighted by Gasteiger charge is -2.13. The van der Waals surface area contributed by atoms with Gasteiger partial charge in [0.1, 0.15) is 10.6 Å². The van der Waals surface area contributed by atoms with Crippen LogP contribution in [0.3, 0.4) is 0 Å². The number of benzene rings is 3. The minimum Gasteiger partial charge on any atom is -0.378 e. The van der Waals surface area contributed by atoms with Crippen molar-refractivity contribution in [3.8, 4) is 5.75 Å². The maximum atomic E-state index is 12.9. The van der Waals surface area contributed by atoms with E-state index in [9.17, 15) is 18.0 Å². The monoisotopic (exact) mass is 563 g/mol. The fraction of sp³-hybridized carbons (Fsp3) is 0.0435. The van der Waals surface area contributed by atoms with E-state index in [1.54, 1.807) is 18.2 Å². The van der Waals surface area contributed by atoms with Gasteiger partial charge in [0.25, 0.3) is 11.1 Å². The molecular weight excluding hydrogens is 550 g/mol. The van der Waals surface area contributed by atoms with Gasteiger partial charge in [0, 0.05) is 15.1 Å². The topological polar surface area (TPSA) is 80.8 Å². The second-order valence-corrected chi connectivity index (χ2v) is 10.7. The van der Waals surface area contributed by atoms with E-state index < -0.39 is 21.3 Å². The number of nitrogens with zero attached hydrogens (tertiary/aromatic N) is 1. The molecule has 1 saturated heterocycles. The van der Waals surface area contributed by atoms with Gasteiger partial charge in [0.2, 0.25) is 0 Å². The van der Waals surface area contributed by atoms with Gasteiger partial charge < -0.3 is 4.18 Å². The lowest BCUT2D eigenvalue weighted by Crippen LogP contribution is -2.27. The Hall–Kier alpha value is -2.59. The molecule has 6 nitrogen and oxygen atoms in total. The van der Waals surface area contributed by atoms with Crippen LogP contribution in [0.2, 0.25) is 5.02 Å². The molecule has 0 radical (unpaired) electrons. The highest BCUT2D eigenvalue weighted by Gasteiger charge is 2.35. The molecule has 10 heteroatoms. The smallest absolute Gasteiger partial charge is 0.339 e. The third kappa shape index (κ3) is 5.33. The van der Waals surface area contributed by atoms with Crippen LogP contribution >= 0.6 is 39.3 Å². The zero-order chi connectivity index (χ0) is 23.6. The predicted molar refractivity (Wildman–Crippen MR) is 131 cm³/mol. The van der Waals surface area contributed by atoms with Crippen LogP contribution in [0.15, 0.2) is 87.1 Å². The Morgan fingerprint density at radius 2 is 1.64 bits per heavy atom. The fourth-order valence-corrected chi connectivity index (χ4v) is 5.34. The molecule has 3 aromatic carbocycles. The number of para-hydroxylation sites is 1. The van der Waals surface area contributed by atoms with Crippen LogP contribution in [0, 0.1) is 0 Å². The number of carbonyl (C=O) groups is 2. The molecule has 0 N–H and O–H groups in total. The number of rotatable bonds is 6. The van der Waals surface area contributed by atoms with Crippen molar-refractivity contribution >= 4 is 66.6 Å². The molecule has 1 aliphatic rings. The number of imide groups is 1. The molecule has 0 aliphatic carbocycles. The first-order valence-electron chi connectivity index (χ1n) is 9.52. The second-order valence-electron chi connectivity index (χ2n) is 6.89. The zero-order valence-corrected chi connectivity index (χ0v) is 20.7. The highest BCUT2D eigenvalue weighted by atomic mass is 79.9. The molecule has 0 aromatic heterocycles. The van der Waals surface area contributed by atoms with Gasteiger partial charge in [-0.1, -0.05) is 63.9 Å². The number of hydrogen-bond acceptors (Lipinski definition) is 6. The molecule has 2 amide bonds. The minimum absolute atomic E-state index is 0.0325. The van der Waals surface area contributed by atoms with Crippen LogP contribution < -0.4 is 4.18 Å². The number of halogens is 2. The van der Waals surface area contributed by atoms with Crippen LogP contribution in [0.5, 0.6) is 5.75 Å². The van der Waals surface area contributed by atoms with Gasteiger partial charge in [-0.15, -0.1) is 0 Å². The highest BCUT2D eigenvalue weighted by Crippen LogP contribution is 2.36. The molecule has 0 atom stereocenters. The van der Waals surface area contributed by atoms with Gasteiger partial charge in [-0.3, -0.25) is 14.5 Å². The van der Waals surface area contributed by atoms with Gasteiger partial charge in [0.15, 0.2) is 0 Å². The first-order chi connectivity index (χ1) is 15.7. The van der Waals surface area contributed by atoms with Crippen molar-refractivity contribution in [2.24, 2.45) is 0 Å². The van der Waals surface area contributed by atoms with E-state index in [0.29, 0.717) is 10.6 Å². The summed E-state index contributed by atoms with van der Waals surface area (Å²) in [7, 11) is -4.13. The second kappa shape index (κ2) is 9.72. The summed E-state index contributed by atoms with van der Waals surface area (Å²) in [6.45, 7) is 0.118. The summed E-state index contributed by atoms with van der Waals surface area (Å²) in [4.78, 5) is 26.7. The van der Waals surface area contributed by atoms with Crippen molar-refractivity contribution in [2.45, 2.75) is 11.4 Å². The molecular formula is C23H15BrClNO5S2. The SMILES string of the molecule is O=C1S/C(=C\c2ccccc2OS(=O)(=O)c2ccc(Cl)cc2)C(=O)N1Cc1ccccc1Br. The quantitative estimate of drug-likeness (QED) is 0.266. The summed E-state index contributed by atoms with van der Waals surface area (Å²) in [5, 5.41) is -0.0122. The highest BCUT2D eigenvalue weighted by molar-refractivity contribution is 9.10. The zero-order valence-electron chi connectivity index (χ0n) is 16.8. The van der Waals surface area contributed by atoms with Gasteiger partial charge in [-0.25, -0.2) is 0 Å². The average Bonchev–Trinajstić information content (AvgIpc) is 3.04. The van der Waals surface area contributed by atoms with E-state index >= 15 is 0 Å². The Kier molecular flexibility index (Phi) is 6.94. The van der Waals surface area contributed by atoms with Gasteiger partial charge in [-0.05, 0) is 59.8 Å². The van der Waals surface area contributed by atoms with E-state index in [-0.39, 0.29) is 22.1 Å². The van der Waals surface area contributed by atoms with Crippen molar-refractivity contribution in [3.63, 3.8) is 0 Å². The van der Waals surface area contributed by atoms with Crippen LogP contribution in [0.1, 0.15) is 11.1 Å². The number of thioether (sulfide) groups is 1. The van der Waals surface area contributed by atoms with E-state index in [4.69, 9.17) is 15.8 Å². The maximum absolute atomic E-state index is 12.9. The molecule has 0 saturated carbocycles. The molecule has 0 bridgehead atoms. The molecule has 1 heterocycles. The maximum Gasteiger partial charge on any atom is 0.339 e. The Morgan fingerprint density at radius 1 is 0.970 bits per heavy atom. The third-order valence-electron chi connectivity index (χ3n) is 4.67. The molecule has 3 aromatic rings. The van der Waals surface area contributed by atoms with Crippen molar-refractivity contribution in [1.82, 2.24) is 4.90 Å². The molecule has 0 unspecified atom stereocenters. The summed E-state index contributed by atoms with van der Waals surface area (Å²) < 4.78 is 31.5. The summed E-state index contributed by atoms with van der Waals surface area (Å²) in [6, 6.07) is 19.3. The van der Waals surface area contributed by atoms with Crippen molar-refractivity contribution in [1.29, 1.82) is 0 Å². The van der Waals surface area contributed by atoms with Crippen molar-refractivity contribution < 1.29 is 22.2 Å². The molecule has 0 spiro atoms. The standard InChI is InChI=1S/C23H15BrClNO5S2/c24-19-7-3-1-6-16(19)14-26-22(27)21(32-23(26)28)13-15-5-2-4-8-20(15)31-33(29,30)18-11-9-17(25)10-12-18/h1-13H,14H2/b21-13-. The van der Waals surface area contributed by atoms with E-state index in [2.05, 4.69) is 15.9 Å². The number of hydrogen-bond donors (Lipinski definition) is 0. The normalized spacial score (nSPS) is 15.3. The van der Waals surface area contributed by atoms with Crippen LogP contribution in [0.4, 0.5) is 4.79 Å². The van der Waals surface area contributed by atoms with Crippen LogP contribution in [-0.4, -0.2) is 24.5 Å². The largest absolute Gasteiger partial charge is 0.378 e. The molecule has 1 aliphatic heterocycles. The lowest BCUT2D eigenvalue weighted by atomic mass is 10.2. The fourth-order valence-electron chi connectivity index (χ4n) is 3.02. The van der Waals surface area contributed by atoms with Crippen molar-refractivity contribution in [3.05, 3.63) is 98.3 Å². The third-order valence-corrected chi connectivity index (χ3v) is 7.85. The molecule has 168 valence electrons. The average molecular weight is 565 g/mol. The van der Waals surface area contributed by atoms with E-state index in [1.807, 2.05) is 24.3 Å². The Labute approximate surface area is 208 Å². The predicted octanol–water partition coefficient (Wildman–Crippen LogP) is 6.11. The first-order valence-corrected chi connectivity index (χ1v) is 12.9. The Bertz CT molecular complexity index is 1370. The Morgan fingerprint density at radius 3 is 2.36 bits per heavy atom. The molecule has 33 heavy (non-hydrogen) atoms. The minimum atomic E-state index is -4.13. The van der Waals surface area contributed by atoms with Gasteiger partial charge in [0.05, 0.1) is 11.4 Å². The number of amides is 2. The van der Waals surface area contributed by atoms with Crippen LogP contribution in [-0.2, 0) is 21.5 Å². The van der Waals surface area contributed by atoms with E-state index in [0.717, 1.165) is 26.7 Å². The van der Waals surface area contributed by atoms with Gasteiger partial charge in [-0.2, -0.15) is 8.42 Å². The Balaban J connectivity index is 1.60. The van der Waals surface area contributed by atoms with Gasteiger partial charge >= 0.3 is 10.1 Å². The van der Waals surface area contributed by atoms with Crippen LogP contribution in [0.25, 0.3) is 6.08 Å². The first kappa shape index (κ1) is 23.6. The lowest BCUT2D eigenvalue weighted by molar-refractivity contribution is -0.123. The summed E-state index contributed by atoms with van der Waals surface area (Å²) in [5.74, 6) is -0.429. The van der Waals surface area contributed by atoms with Crippen molar-refractivity contribution in [2.75, 3.05) is 0 Å².